The molecule has 0 aromatic heterocycles. The zero-order valence-electron chi connectivity index (χ0n) is 17.2. The van der Waals surface area contributed by atoms with Crippen LogP contribution in [0.25, 0.3) is 0 Å². The third-order valence-electron chi connectivity index (χ3n) is 3.98. The maximum atomic E-state index is 13.8. The standard InChI is InChI=1S/C22H29ClFNO3.ClH/c1-4-26-21-13-17(14-25-10-7-11-27-16(2)3)12-19(23)22(21)28-15-18-8-5-6-9-20(18)24;/h5-6,8-9,12-13,16,25H,4,7,10-11,14-15H2,1-3H3;1H. The fourth-order valence-electron chi connectivity index (χ4n) is 2.64. The van der Waals surface area contributed by atoms with E-state index < -0.39 is 0 Å². The molecule has 2 aromatic rings. The first-order chi connectivity index (χ1) is 13.5. The van der Waals surface area contributed by atoms with Gasteiger partial charge in [0.05, 0.1) is 17.7 Å². The first kappa shape index (κ1) is 25.5. The largest absolute Gasteiger partial charge is 0.490 e. The molecule has 0 aliphatic rings. The summed E-state index contributed by atoms with van der Waals surface area (Å²) in [4.78, 5) is 0. The lowest BCUT2D eigenvalue weighted by molar-refractivity contribution is 0.0770. The van der Waals surface area contributed by atoms with Crippen molar-refractivity contribution in [2.75, 3.05) is 19.8 Å². The minimum atomic E-state index is -0.307. The molecular weight excluding hydrogens is 416 g/mol. The van der Waals surface area contributed by atoms with Gasteiger partial charge in [-0.2, -0.15) is 0 Å². The second-order valence-electron chi connectivity index (χ2n) is 6.67. The van der Waals surface area contributed by atoms with Gasteiger partial charge in [0, 0.05) is 18.7 Å². The minimum absolute atomic E-state index is 0. The van der Waals surface area contributed by atoms with Gasteiger partial charge in [-0.05, 0) is 57.5 Å². The molecule has 0 bridgehead atoms. The number of hydrogen-bond donors (Lipinski definition) is 1. The van der Waals surface area contributed by atoms with Crippen LogP contribution in [0.4, 0.5) is 4.39 Å². The molecule has 7 heteroatoms. The number of benzene rings is 2. The predicted octanol–water partition coefficient (Wildman–Crippen LogP) is 5.78. The Labute approximate surface area is 184 Å². The molecule has 29 heavy (non-hydrogen) atoms. The monoisotopic (exact) mass is 445 g/mol. The van der Waals surface area contributed by atoms with Crippen LogP contribution in [0, 0.1) is 5.82 Å². The quantitative estimate of drug-likeness (QED) is 0.420. The van der Waals surface area contributed by atoms with Crippen molar-refractivity contribution < 1.29 is 18.6 Å². The summed E-state index contributed by atoms with van der Waals surface area (Å²) in [5, 5.41) is 3.82. The first-order valence-electron chi connectivity index (χ1n) is 9.65. The van der Waals surface area contributed by atoms with Crippen LogP contribution in [-0.4, -0.2) is 25.9 Å². The summed E-state index contributed by atoms with van der Waals surface area (Å²) in [6.45, 7) is 8.76. The molecule has 1 N–H and O–H groups in total. The third-order valence-corrected chi connectivity index (χ3v) is 4.26. The molecule has 2 aromatic carbocycles. The van der Waals surface area contributed by atoms with Crippen molar-refractivity contribution in [3.05, 3.63) is 58.4 Å². The SMILES string of the molecule is CCOc1cc(CNCCCOC(C)C)cc(Cl)c1OCc1ccccc1F.Cl. The summed E-state index contributed by atoms with van der Waals surface area (Å²) in [5.41, 5.74) is 1.46. The Morgan fingerprint density at radius 3 is 2.59 bits per heavy atom. The number of nitrogens with one attached hydrogen (secondary N) is 1. The fraction of sp³-hybridized carbons (Fsp3) is 0.455. The van der Waals surface area contributed by atoms with E-state index in [1.54, 1.807) is 18.2 Å². The highest BCUT2D eigenvalue weighted by Gasteiger charge is 2.14. The van der Waals surface area contributed by atoms with Crippen molar-refractivity contribution >= 4 is 24.0 Å². The van der Waals surface area contributed by atoms with Crippen LogP contribution in [0.5, 0.6) is 11.5 Å². The highest BCUT2D eigenvalue weighted by atomic mass is 35.5. The molecule has 0 radical (unpaired) electrons. The molecule has 0 aliphatic heterocycles. The van der Waals surface area contributed by atoms with E-state index in [1.165, 1.54) is 6.07 Å². The van der Waals surface area contributed by atoms with E-state index in [9.17, 15) is 4.39 Å². The van der Waals surface area contributed by atoms with Gasteiger partial charge in [0.25, 0.3) is 0 Å². The molecule has 0 saturated heterocycles. The van der Waals surface area contributed by atoms with Gasteiger partial charge in [-0.25, -0.2) is 4.39 Å². The number of hydrogen-bond acceptors (Lipinski definition) is 4. The molecule has 0 unspecified atom stereocenters. The van der Waals surface area contributed by atoms with Crippen molar-refractivity contribution in [1.29, 1.82) is 0 Å². The summed E-state index contributed by atoms with van der Waals surface area (Å²) in [7, 11) is 0. The number of rotatable bonds is 12. The highest BCUT2D eigenvalue weighted by Crippen LogP contribution is 2.37. The Hall–Kier alpha value is -1.53. The van der Waals surface area contributed by atoms with Crippen LogP contribution in [-0.2, 0) is 17.9 Å². The van der Waals surface area contributed by atoms with Crippen LogP contribution < -0.4 is 14.8 Å². The average molecular weight is 446 g/mol. The molecule has 2 rings (SSSR count). The lowest BCUT2D eigenvalue weighted by Gasteiger charge is -2.16. The normalized spacial score (nSPS) is 10.7. The lowest BCUT2D eigenvalue weighted by Crippen LogP contribution is -2.17. The first-order valence-corrected chi connectivity index (χ1v) is 10.0. The third kappa shape index (κ3) is 8.79. The van der Waals surface area contributed by atoms with E-state index in [0.717, 1.165) is 25.1 Å². The minimum Gasteiger partial charge on any atom is -0.490 e. The van der Waals surface area contributed by atoms with Crippen LogP contribution in [0.15, 0.2) is 36.4 Å². The van der Waals surface area contributed by atoms with E-state index in [4.69, 9.17) is 25.8 Å². The average Bonchev–Trinajstić information content (AvgIpc) is 2.65. The van der Waals surface area contributed by atoms with Crippen molar-refractivity contribution in [3.8, 4) is 11.5 Å². The zero-order valence-corrected chi connectivity index (χ0v) is 18.7. The van der Waals surface area contributed by atoms with Crippen molar-refractivity contribution in [1.82, 2.24) is 5.32 Å². The molecule has 0 atom stereocenters. The molecule has 162 valence electrons. The van der Waals surface area contributed by atoms with E-state index in [1.807, 2.05) is 32.9 Å². The van der Waals surface area contributed by atoms with Crippen LogP contribution >= 0.6 is 24.0 Å². The van der Waals surface area contributed by atoms with Crippen molar-refractivity contribution in [2.45, 2.75) is 46.4 Å². The van der Waals surface area contributed by atoms with Crippen LogP contribution in [0.2, 0.25) is 5.02 Å². The maximum Gasteiger partial charge on any atom is 0.180 e. The molecule has 0 aliphatic carbocycles. The van der Waals surface area contributed by atoms with Gasteiger partial charge in [-0.15, -0.1) is 12.4 Å². The molecule has 0 amide bonds. The number of halogens is 3. The zero-order chi connectivity index (χ0) is 20.4. The Morgan fingerprint density at radius 1 is 1.14 bits per heavy atom. The van der Waals surface area contributed by atoms with Gasteiger partial charge in [0.1, 0.15) is 12.4 Å². The highest BCUT2D eigenvalue weighted by molar-refractivity contribution is 6.32. The van der Waals surface area contributed by atoms with E-state index in [0.29, 0.717) is 35.2 Å². The lowest BCUT2D eigenvalue weighted by atomic mass is 10.2. The van der Waals surface area contributed by atoms with Gasteiger partial charge in [-0.3, -0.25) is 0 Å². The second kappa shape index (κ2) is 13.6. The van der Waals surface area contributed by atoms with Gasteiger partial charge < -0.3 is 19.5 Å². The summed E-state index contributed by atoms with van der Waals surface area (Å²) in [6.07, 6.45) is 1.19. The number of ether oxygens (including phenoxy) is 3. The van der Waals surface area contributed by atoms with E-state index in [2.05, 4.69) is 5.32 Å². The molecule has 0 spiro atoms. The van der Waals surface area contributed by atoms with Crippen molar-refractivity contribution in [3.63, 3.8) is 0 Å². The summed E-state index contributed by atoms with van der Waals surface area (Å²) >= 11 is 6.43. The Balaban J connectivity index is 0.00000420. The van der Waals surface area contributed by atoms with Crippen molar-refractivity contribution in [2.24, 2.45) is 0 Å². The molecule has 0 fully saturated rings. The van der Waals surface area contributed by atoms with Gasteiger partial charge in [0.15, 0.2) is 11.5 Å². The van der Waals surface area contributed by atoms with Crippen LogP contribution in [0.3, 0.4) is 0 Å². The fourth-order valence-corrected chi connectivity index (χ4v) is 2.93. The van der Waals surface area contributed by atoms with E-state index in [-0.39, 0.29) is 30.9 Å². The molecular formula is C22H30Cl2FNO3. The smallest absolute Gasteiger partial charge is 0.180 e. The van der Waals surface area contributed by atoms with Gasteiger partial charge >= 0.3 is 0 Å². The Morgan fingerprint density at radius 2 is 1.90 bits per heavy atom. The van der Waals surface area contributed by atoms with E-state index >= 15 is 0 Å². The predicted molar refractivity (Wildman–Crippen MR) is 118 cm³/mol. The van der Waals surface area contributed by atoms with Gasteiger partial charge in [0.2, 0.25) is 0 Å². The topological polar surface area (TPSA) is 39.7 Å². The summed E-state index contributed by atoms with van der Waals surface area (Å²) in [5.74, 6) is 0.686. The molecule has 4 nitrogen and oxygen atoms in total. The summed E-state index contributed by atoms with van der Waals surface area (Å²) < 4.78 is 30.8. The maximum absolute atomic E-state index is 13.8. The Bertz CT molecular complexity index is 744. The second-order valence-corrected chi connectivity index (χ2v) is 7.08. The summed E-state index contributed by atoms with van der Waals surface area (Å²) in [6, 6.07) is 10.3. The Kier molecular flexibility index (Phi) is 12.0. The van der Waals surface area contributed by atoms with Gasteiger partial charge in [-0.1, -0.05) is 29.8 Å². The molecule has 0 saturated carbocycles. The molecule has 0 heterocycles. The van der Waals surface area contributed by atoms with Crippen LogP contribution in [0.1, 0.15) is 38.3 Å².